The van der Waals surface area contributed by atoms with E-state index in [0.29, 0.717) is 18.9 Å². The molecule has 0 radical (unpaired) electrons. The van der Waals surface area contributed by atoms with E-state index in [1.807, 2.05) is 17.0 Å². The monoisotopic (exact) mass is 232 g/mol. The summed E-state index contributed by atoms with van der Waals surface area (Å²) >= 11 is 0. The van der Waals surface area contributed by atoms with E-state index >= 15 is 0 Å². The maximum absolute atomic E-state index is 12.0. The highest BCUT2D eigenvalue weighted by Gasteiger charge is 2.21. The highest BCUT2D eigenvalue weighted by atomic mass is 16.2. The fourth-order valence-electron chi connectivity index (χ4n) is 2.33. The van der Waals surface area contributed by atoms with Crippen molar-refractivity contribution in [2.45, 2.75) is 33.2 Å². The molecule has 0 saturated heterocycles. The minimum Gasteiger partial charge on any atom is -0.398 e. The van der Waals surface area contributed by atoms with Gasteiger partial charge < -0.3 is 10.6 Å². The molecule has 3 nitrogen and oxygen atoms in total. The van der Waals surface area contributed by atoms with Crippen LogP contribution < -0.4 is 5.73 Å². The van der Waals surface area contributed by atoms with Crippen LogP contribution in [-0.2, 0) is 17.8 Å². The molecule has 2 rings (SSSR count). The van der Waals surface area contributed by atoms with Gasteiger partial charge in [0.1, 0.15) is 0 Å². The molecule has 0 spiro atoms. The highest BCUT2D eigenvalue weighted by Crippen LogP contribution is 2.24. The standard InChI is InChI=1S/C14H20N2O/c1-10(2)8-14(17)16-7-6-12-11(9-16)4-3-5-13(12)15/h3-5,10H,6-9,15H2,1-2H3. The normalized spacial score (nSPS) is 14.9. The van der Waals surface area contributed by atoms with Crippen LogP contribution in [0, 0.1) is 5.92 Å². The van der Waals surface area contributed by atoms with Gasteiger partial charge in [0.2, 0.25) is 5.91 Å². The van der Waals surface area contributed by atoms with E-state index in [9.17, 15) is 4.79 Å². The number of carbonyl (C=O) groups excluding carboxylic acids is 1. The third-order valence-corrected chi connectivity index (χ3v) is 3.24. The summed E-state index contributed by atoms with van der Waals surface area (Å²) < 4.78 is 0. The number of nitrogen functional groups attached to an aromatic ring is 1. The molecule has 3 heteroatoms. The van der Waals surface area contributed by atoms with Crippen LogP contribution >= 0.6 is 0 Å². The van der Waals surface area contributed by atoms with Gasteiger partial charge in [-0.15, -0.1) is 0 Å². The highest BCUT2D eigenvalue weighted by molar-refractivity contribution is 5.77. The van der Waals surface area contributed by atoms with Crippen LogP contribution in [0.3, 0.4) is 0 Å². The van der Waals surface area contributed by atoms with Crippen molar-refractivity contribution in [2.24, 2.45) is 5.92 Å². The van der Waals surface area contributed by atoms with Gasteiger partial charge in [0.25, 0.3) is 0 Å². The molecule has 92 valence electrons. The Bertz CT molecular complexity index is 426. The molecule has 1 aromatic carbocycles. The van der Waals surface area contributed by atoms with E-state index in [1.165, 1.54) is 11.1 Å². The third-order valence-electron chi connectivity index (χ3n) is 3.24. The Morgan fingerprint density at radius 3 is 2.94 bits per heavy atom. The average Bonchev–Trinajstić information content (AvgIpc) is 2.28. The Balaban J connectivity index is 2.11. The number of carbonyl (C=O) groups is 1. The summed E-state index contributed by atoms with van der Waals surface area (Å²) in [5, 5.41) is 0. The summed E-state index contributed by atoms with van der Waals surface area (Å²) in [7, 11) is 0. The number of amides is 1. The van der Waals surface area contributed by atoms with Crippen LogP contribution in [-0.4, -0.2) is 17.4 Å². The summed E-state index contributed by atoms with van der Waals surface area (Å²) in [5.74, 6) is 0.679. The smallest absolute Gasteiger partial charge is 0.223 e. The molecule has 0 saturated carbocycles. The zero-order chi connectivity index (χ0) is 12.4. The lowest BCUT2D eigenvalue weighted by Crippen LogP contribution is -2.36. The van der Waals surface area contributed by atoms with Gasteiger partial charge >= 0.3 is 0 Å². The Hall–Kier alpha value is -1.51. The molecule has 0 aromatic heterocycles. The number of anilines is 1. The van der Waals surface area contributed by atoms with Crippen molar-refractivity contribution in [3.8, 4) is 0 Å². The Morgan fingerprint density at radius 1 is 1.47 bits per heavy atom. The summed E-state index contributed by atoms with van der Waals surface area (Å²) in [6.45, 7) is 5.67. The van der Waals surface area contributed by atoms with Crippen molar-refractivity contribution in [2.75, 3.05) is 12.3 Å². The molecule has 1 aliphatic heterocycles. The molecule has 0 atom stereocenters. The number of hydrogen-bond donors (Lipinski definition) is 1. The number of benzene rings is 1. The molecule has 1 aromatic rings. The number of hydrogen-bond acceptors (Lipinski definition) is 2. The van der Waals surface area contributed by atoms with Crippen molar-refractivity contribution in [1.82, 2.24) is 4.90 Å². The molecule has 0 aliphatic carbocycles. The Morgan fingerprint density at radius 2 is 2.24 bits per heavy atom. The molecule has 0 bridgehead atoms. The first-order valence-corrected chi connectivity index (χ1v) is 6.22. The summed E-state index contributed by atoms with van der Waals surface area (Å²) in [6, 6.07) is 5.97. The quantitative estimate of drug-likeness (QED) is 0.795. The van der Waals surface area contributed by atoms with Gasteiger partial charge in [0.05, 0.1) is 0 Å². The average molecular weight is 232 g/mol. The van der Waals surface area contributed by atoms with Crippen molar-refractivity contribution in [3.63, 3.8) is 0 Å². The largest absolute Gasteiger partial charge is 0.398 e. The predicted molar refractivity (Wildman–Crippen MR) is 69.4 cm³/mol. The van der Waals surface area contributed by atoms with Crippen LogP contribution in [0.1, 0.15) is 31.4 Å². The van der Waals surface area contributed by atoms with Crippen molar-refractivity contribution in [1.29, 1.82) is 0 Å². The molecule has 1 amide bonds. The van der Waals surface area contributed by atoms with Gasteiger partial charge in [-0.25, -0.2) is 0 Å². The minimum atomic E-state index is 0.257. The van der Waals surface area contributed by atoms with Crippen LogP contribution in [0.15, 0.2) is 18.2 Å². The lowest BCUT2D eigenvalue weighted by molar-refractivity contribution is -0.132. The first kappa shape index (κ1) is 12.0. The predicted octanol–water partition coefficient (Wildman–Crippen LogP) is 2.20. The molecule has 0 unspecified atom stereocenters. The Labute approximate surface area is 103 Å². The molecule has 17 heavy (non-hydrogen) atoms. The van der Waals surface area contributed by atoms with Gasteiger partial charge in [0, 0.05) is 25.2 Å². The maximum atomic E-state index is 12.0. The van der Waals surface area contributed by atoms with Crippen LogP contribution in [0.2, 0.25) is 0 Å². The zero-order valence-corrected chi connectivity index (χ0v) is 10.6. The zero-order valence-electron chi connectivity index (χ0n) is 10.6. The second-order valence-corrected chi connectivity index (χ2v) is 5.15. The number of fused-ring (bicyclic) bond motifs is 1. The van der Waals surface area contributed by atoms with Crippen LogP contribution in [0.25, 0.3) is 0 Å². The van der Waals surface area contributed by atoms with E-state index in [0.717, 1.165) is 18.7 Å². The molecular weight excluding hydrogens is 212 g/mol. The second kappa shape index (κ2) is 4.78. The van der Waals surface area contributed by atoms with Crippen molar-refractivity contribution >= 4 is 11.6 Å². The topological polar surface area (TPSA) is 46.3 Å². The first-order chi connectivity index (χ1) is 8.08. The number of nitrogens with two attached hydrogens (primary N) is 1. The minimum absolute atomic E-state index is 0.257. The van der Waals surface area contributed by atoms with Gasteiger partial charge in [-0.05, 0) is 29.5 Å². The SMILES string of the molecule is CC(C)CC(=O)N1CCc2c(N)cccc2C1. The van der Waals surface area contributed by atoms with E-state index in [-0.39, 0.29) is 5.91 Å². The van der Waals surface area contributed by atoms with Gasteiger partial charge in [-0.3, -0.25) is 4.79 Å². The van der Waals surface area contributed by atoms with E-state index in [1.54, 1.807) is 0 Å². The van der Waals surface area contributed by atoms with Crippen molar-refractivity contribution < 1.29 is 4.79 Å². The molecule has 1 aliphatic rings. The van der Waals surface area contributed by atoms with Gasteiger partial charge in [-0.2, -0.15) is 0 Å². The summed E-state index contributed by atoms with van der Waals surface area (Å²) in [6.07, 6.45) is 1.52. The molecule has 2 N–H and O–H groups in total. The number of rotatable bonds is 2. The van der Waals surface area contributed by atoms with Gasteiger partial charge in [-0.1, -0.05) is 26.0 Å². The van der Waals surface area contributed by atoms with Gasteiger partial charge in [0.15, 0.2) is 0 Å². The first-order valence-electron chi connectivity index (χ1n) is 6.22. The van der Waals surface area contributed by atoms with E-state index in [4.69, 9.17) is 5.73 Å². The van der Waals surface area contributed by atoms with E-state index < -0.39 is 0 Å². The molecule has 0 fully saturated rings. The van der Waals surface area contributed by atoms with Crippen LogP contribution in [0.4, 0.5) is 5.69 Å². The number of nitrogens with zero attached hydrogens (tertiary/aromatic N) is 1. The lowest BCUT2D eigenvalue weighted by Gasteiger charge is -2.30. The molecular formula is C14H20N2O. The fourth-order valence-corrected chi connectivity index (χ4v) is 2.33. The maximum Gasteiger partial charge on any atom is 0.223 e. The lowest BCUT2D eigenvalue weighted by atomic mass is 9.97. The Kier molecular flexibility index (Phi) is 3.36. The van der Waals surface area contributed by atoms with Crippen LogP contribution in [0.5, 0.6) is 0 Å². The van der Waals surface area contributed by atoms with E-state index in [2.05, 4.69) is 19.9 Å². The third kappa shape index (κ3) is 2.60. The van der Waals surface area contributed by atoms with Crippen molar-refractivity contribution in [3.05, 3.63) is 29.3 Å². The summed E-state index contributed by atoms with van der Waals surface area (Å²) in [4.78, 5) is 13.9. The second-order valence-electron chi connectivity index (χ2n) is 5.15. The summed E-state index contributed by atoms with van der Waals surface area (Å²) in [5.41, 5.74) is 9.23. The fraction of sp³-hybridized carbons (Fsp3) is 0.500. The molecule has 1 heterocycles.